The predicted molar refractivity (Wildman–Crippen MR) is 88.5 cm³/mol. The van der Waals surface area contributed by atoms with Gasteiger partial charge in [0.05, 0.1) is 17.0 Å². The van der Waals surface area contributed by atoms with Gasteiger partial charge in [-0.3, -0.25) is 10.0 Å². The quantitative estimate of drug-likeness (QED) is 0.501. The Morgan fingerprint density at radius 3 is 2.30 bits per heavy atom. The van der Waals surface area contributed by atoms with E-state index in [1.54, 1.807) is 17.6 Å². The summed E-state index contributed by atoms with van der Waals surface area (Å²) in [6.07, 6.45) is 0. The highest BCUT2D eigenvalue weighted by Crippen LogP contribution is 2.23. The van der Waals surface area contributed by atoms with Gasteiger partial charge in [-0.25, -0.2) is 10.3 Å². The van der Waals surface area contributed by atoms with Crippen LogP contribution in [-0.4, -0.2) is 17.1 Å². The van der Waals surface area contributed by atoms with Gasteiger partial charge in [0.2, 0.25) is 0 Å². The third-order valence-corrected chi connectivity index (χ3v) is 4.64. The Kier molecular flexibility index (Phi) is 5.72. The Bertz CT molecular complexity index is 672. The normalized spacial score (nSPS) is 13.0. The van der Waals surface area contributed by atoms with Crippen LogP contribution in [0.15, 0.2) is 42.5 Å². The summed E-state index contributed by atoms with van der Waals surface area (Å²) >= 11 is 1.22. The number of nitrogens with one attached hydrogen (secondary N) is 3. The molecule has 0 radical (unpaired) electrons. The highest BCUT2D eigenvalue weighted by molar-refractivity contribution is 7.14. The average molecular weight is 333 g/mol. The van der Waals surface area contributed by atoms with Gasteiger partial charge in [-0.1, -0.05) is 30.3 Å². The average Bonchev–Trinajstić information content (AvgIpc) is 3.05. The molecule has 0 aliphatic carbocycles. The SMILES string of the molecule is CC(NC(=O)NC(C)c1ccc(C(=O)NO)s1)c1ccccc1. The molecule has 0 aliphatic heterocycles. The molecule has 0 saturated heterocycles. The van der Waals surface area contributed by atoms with Crippen LogP contribution in [0.3, 0.4) is 0 Å². The molecule has 4 N–H and O–H groups in total. The molecule has 1 heterocycles. The van der Waals surface area contributed by atoms with Crippen molar-refractivity contribution in [1.29, 1.82) is 0 Å². The Morgan fingerprint density at radius 2 is 1.65 bits per heavy atom. The lowest BCUT2D eigenvalue weighted by Gasteiger charge is -2.17. The first-order valence-electron chi connectivity index (χ1n) is 7.17. The van der Waals surface area contributed by atoms with Crippen LogP contribution >= 0.6 is 11.3 Å². The van der Waals surface area contributed by atoms with Crippen LogP contribution in [0.5, 0.6) is 0 Å². The van der Waals surface area contributed by atoms with Crippen molar-refractivity contribution in [2.45, 2.75) is 25.9 Å². The van der Waals surface area contributed by atoms with Crippen molar-refractivity contribution < 1.29 is 14.8 Å². The van der Waals surface area contributed by atoms with Gasteiger partial charge in [0, 0.05) is 4.88 Å². The van der Waals surface area contributed by atoms with Crippen molar-refractivity contribution in [3.63, 3.8) is 0 Å². The summed E-state index contributed by atoms with van der Waals surface area (Å²) in [4.78, 5) is 24.6. The van der Waals surface area contributed by atoms with Crippen molar-refractivity contribution >= 4 is 23.3 Å². The number of hydrogen-bond acceptors (Lipinski definition) is 4. The fourth-order valence-electron chi connectivity index (χ4n) is 2.09. The molecule has 122 valence electrons. The predicted octanol–water partition coefficient (Wildman–Crippen LogP) is 2.99. The second kappa shape index (κ2) is 7.75. The zero-order valence-electron chi connectivity index (χ0n) is 12.9. The topological polar surface area (TPSA) is 90.5 Å². The van der Waals surface area contributed by atoms with E-state index in [0.717, 1.165) is 10.4 Å². The summed E-state index contributed by atoms with van der Waals surface area (Å²) in [5.41, 5.74) is 2.61. The maximum Gasteiger partial charge on any atom is 0.315 e. The van der Waals surface area contributed by atoms with Crippen molar-refractivity contribution in [2.24, 2.45) is 0 Å². The van der Waals surface area contributed by atoms with Gasteiger partial charge in [0.25, 0.3) is 5.91 Å². The second-order valence-electron chi connectivity index (χ2n) is 5.11. The van der Waals surface area contributed by atoms with Gasteiger partial charge >= 0.3 is 6.03 Å². The van der Waals surface area contributed by atoms with Gasteiger partial charge in [0.1, 0.15) is 0 Å². The number of rotatable bonds is 5. The minimum absolute atomic E-state index is 0.109. The molecule has 2 atom stereocenters. The highest BCUT2D eigenvalue weighted by Gasteiger charge is 2.16. The molecule has 6 nitrogen and oxygen atoms in total. The lowest BCUT2D eigenvalue weighted by molar-refractivity contribution is 0.0711. The zero-order chi connectivity index (χ0) is 16.8. The molecule has 0 aliphatic rings. The van der Waals surface area contributed by atoms with Crippen LogP contribution in [0.4, 0.5) is 4.79 Å². The molecule has 1 aromatic carbocycles. The first-order valence-corrected chi connectivity index (χ1v) is 7.99. The number of carbonyl (C=O) groups is 2. The Labute approximate surface area is 138 Å². The van der Waals surface area contributed by atoms with Gasteiger partial charge in [-0.15, -0.1) is 11.3 Å². The molecule has 3 amide bonds. The van der Waals surface area contributed by atoms with E-state index in [2.05, 4.69) is 10.6 Å². The number of thiophene rings is 1. The molecule has 7 heteroatoms. The molecule has 0 fully saturated rings. The number of amides is 3. The third kappa shape index (κ3) is 4.54. The molecule has 2 rings (SSSR count). The summed E-state index contributed by atoms with van der Waals surface area (Å²) < 4.78 is 0. The van der Waals surface area contributed by atoms with E-state index in [1.165, 1.54) is 11.3 Å². The van der Waals surface area contributed by atoms with E-state index < -0.39 is 5.91 Å². The van der Waals surface area contributed by atoms with Gasteiger partial charge < -0.3 is 10.6 Å². The zero-order valence-corrected chi connectivity index (χ0v) is 13.7. The van der Waals surface area contributed by atoms with Crippen LogP contribution in [0.25, 0.3) is 0 Å². The minimum Gasteiger partial charge on any atom is -0.332 e. The Morgan fingerprint density at radius 1 is 1.00 bits per heavy atom. The molecule has 0 spiro atoms. The maximum atomic E-state index is 12.1. The molecule has 23 heavy (non-hydrogen) atoms. The van der Waals surface area contributed by atoms with E-state index in [1.807, 2.05) is 44.2 Å². The number of carbonyl (C=O) groups excluding carboxylic acids is 2. The number of urea groups is 1. The largest absolute Gasteiger partial charge is 0.332 e. The van der Waals surface area contributed by atoms with Crippen LogP contribution < -0.4 is 16.1 Å². The van der Waals surface area contributed by atoms with Crippen LogP contribution in [0.2, 0.25) is 0 Å². The summed E-state index contributed by atoms with van der Waals surface area (Å²) in [6, 6.07) is 12.4. The Balaban J connectivity index is 1.92. The fraction of sp³-hybridized carbons (Fsp3) is 0.250. The van der Waals surface area contributed by atoms with Gasteiger partial charge in [-0.2, -0.15) is 0 Å². The standard InChI is InChI=1S/C16H19N3O3S/c1-10(12-6-4-3-5-7-12)17-16(21)18-11(2)13-8-9-14(23-13)15(20)19-22/h3-11,22H,1-2H3,(H,19,20)(H2,17,18,21). The minimum atomic E-state index is -0.560. The number of hydrogen-bond donors (Lipinski definition) is 4. The molecule has 2 aromatic rings. The van der Waals surface area contributed by atoms with Crippen molar-refractivity contribution in [1.82, 2.24) is 16.1 Å². The van der Waals surface area contributed by atoms with E-state index in [0.29, 0.717) is 4.88 Å². The van der Waals surface area contributed by atoms with E-state index >= 15 is 0 Å². The van der Waals surface area contributed by atoms with E-state index in [4.69, 9.17) is 5.21 Å². The van der Waals surface area contributed by atoms with Crippen LogP contribution in [0, 0.1) is 0 Å². The van der Waals surface area contributed by atoms with Crippen LogP contribution in [-0.2, 0) is 0 Å². The van der Waals surface area contributed by atoms with Crippen molar-refractivity contribution in [3.05, 3.63) is 57.8 Å². The van der Waals surface area contributed by atoms with E-state index in [9.17, 15) is 9.59 Å². The molecule has 0 bridgehead atoms. The lowest BCUT2D eigenvalue weighted by atomic mass is 10.1. The molecule has 2 unspecified atom stereocenters. The highest BCUT2D eigenvalue weighted by atomic mass is 32.1. The molecule has 1 aromatic heterocycles. The van der Waals surface area contributed by atoms with Gasteiger partial charge in [-0.05, 0) is 31.5 Å². The summed E-state index contributed by atoms with van der Waals surface area (Å²) in [7, 11) is 0. The molecular formula is C16H19N3O3S. The number of hydroxylamine groups is 1. The monoisotopic (exact) mass is 333 g/mol. The smallest absolute Gasteiger partial charge is 0.315 e. The summed E-state index contributed by atoms with van der Waals surface area (Å²) in [5, 5.41) is 14.3. The maximum absolute atomic E-state index is 12.1. The molecular weight excluding hydrogens is 314 g/mol. The van der Waals surface area contributed by atoms with Crippen molar-refractivity contribution in [2.75, 3.05) is 0 Å². The third-order valence-electron chi connectivity index (χ3n) is 3.37. The second-order valence-corrected chi connectivity index (χ2v) is 6.23. The van der Waals surface area contributed by atoms with Crippen LogP contribution in [0.1, 0.15) is 46.0 Å². The van der Waals surface area contributed by atoms with Gasteiger partial charge in [0.15, 0.2) is 0 Å². The van der Waals surface area contributed by atoms with E-state index in [-0.39, 0.29) is 18.1 Å². The lowest BCUT2D eigenvalue weighted by Crippen LogP contribution is -2.38. The van der Waals surface area contributed by atoms with Crippen molar-refractivity contribution in [3.8, 4) is 0 Å². The summed E-state index contributed by atoms with van der Waals surface area (Å²) in [6.45, 7) is 3.74. The molecule has 0 saturated carbocycles. The fourth-order valence-corrected chi connectivity index (χ4v) is 2.99. The summed E-state index contributed by atoms with van der Waals surface area (Å²) in [5.74, 6) is -0.560. The Hall–Kier alpha value is -2.38. The first-order chi connectivity index (χ1) is 11.0. The first kappa shape index (κ1) is 17.0. The number of benzene rings is 1.